The van der Waals surface area contributed by atoms with Gasteiger partial charge in [-0.25, -0.2) is 0 Å². The van der Waals surface area contributed by atoms with Crippen LogP contribution in [0.2, 0.25) is 0 Å². The second kappa shape index (κ2) is 6.31. The number of nitrogens with zero attached hydrogens (tertiary/aromatic N) is 1. The molecule has 2 N–H and O–H groups in total. The Hall–Kier alpha value is -1.92. The standard InChI is InChI=1S/C13H16N2O4/c16-12(14-10-4-2-1-3-5-10)8-15-6-7-19-9-11(15)13(17)18/h1-5,11H,6-9H2,(H,14,16)(H,17,18). The molecule has 19 heavy (non-hydrogen) atoms. The first-order valence-corrected chi connectivity index (χ1v) is 6.06. The zero-order valence-electron chi connectivity index (χ0n) is 10.4. The molecule has 1 aliphatic rings. The van der Waals surface area contributed by atoms with Gasteiger partial charge in [0.05, 0.1) is 19.8 Å². The molecule has 1 amide bonds. The number of para-hydroxylation sites is 1. The van der Waals surface area contributed by atoms with E-state index in [9.17, 15) is 9.59 Å². The molecule has 0 aliphatic carbocycles. The third kappa shape index (κ3) is 3.77. The number of morpholine rings is 1. The highest BCUT2D eigenvalue weighted by Crippen LogP contribution is 2.09. The number of rotatable bonds is 4. The van der Waals surface area contributed by atoms with Crippen LogP contribution in [-0.2, 0) is 14.3 Å². The zero-order chi connectivity index (χ0) is 13.7. The van der Waals surface area contributed by atoms with E-state index in [4.69, 9.17) is 9.84 Å². The van der Waals surface area contributed by atoms with Crippen LogP contribution in [0, 0.1) is 0 Å². The molecule has 0 radical (unpaired) electrons. The molecule has 0 saturated carbocycles. The van der Waals surface area contributed by atoms with Crippen molar-refractivity contribution in [3.8, 4) is 0 Å². The lowest BCUT2D eigenvalue weighted by Crippen LogP contribution is -2.52. The minimum atomic E-state index is -0.966. The van der Waals surface area contributed by atoms with E-state index in [0.29, 0.717) is 18.8 Å². The lowest BCUT2D eigenvalue weighted by Gasteiger charge is -2.32. The van der Waals surface area contributed by atoms with Crippen LogP contribution in [0.4, 0.5) is 5.69 Å². The summed E-state index contributed by atoms with van der Waals surface area (Å²) in [5.74, 6) is -1.19. The number of ether oxygens (including phenoxy) is 1. The SMILES string of the molecule is O=C(CN1CCOCC1C(=O)O)Nc1ccccc1. The van der Waals surface area contributed by atoms with E-state index in [-0.39, 0.29) is 19.1 Å². The first-order valence-electron chi connectivity index (χ1n) is 6.06. The van der Waals surface area contributed by atoms with Crippen molar-refractivity contribution in [1.82, 2.24) is 4.90 Å². The molecule has 102 valence electrons. The van der Waals surface area contributed by atoms with Gasteiger partial charge in [-0.15, -0.1) is 0 Å². The van der Waals surface area contributed by atoms with Crippen LogP contribution in [0.1, 0.15) is 0 Å². The summed E-state index contributed by atoms with van der Waals surface area (Å²) in [7, 11) is 0. The van der Waals surface area contributed by atoms with Gasteiger partial charge in [0.1, 0.15) is 6.04 Å². The Morgan fingerprint density at radius 2 is 2.11 bits per heavy atom. The number of hydrogen-bond donors (Lipinski definition) is 2. The molecule has 1 saturated heterocycles. The fraction of sp³-hybridized carbons (Fsp3) is 0.385. The Labute approximate surface area is 111 Å². The fourth-order valence-corrected chi connectivity index (χ4v) is 1.96. The molecule has 0 aromatic heterocycles. The van der Waals surface area contributed by atoms with Crippen LogP contribution in [0.3, 0.4) is 0 Å². The normalized spacial score (nSPS) is 19.9. The third-order valence-corrected chi connectivity index (χ3v) is 2.93. The third-order valence-electron chi connectivity index (χ3n) is 2.93. The summed E-state index contributed by atoms with van der Waals surface area (Å²) in [6.45, 7) is 1.06. The van der Waals surface area contributed by atoms with Gasteiger partial charge in [-0.1, -0.05) is 18.2 Å². The van der Waals surface area contributed by atoms with Crippen molar-refractivity contribution in [3.63, 3.8) is 0 Å². The van der Waals surface area contributed by atoms with E-state index in [2.05, 4.69) is 5.32 Å². The van der Waals surface area contributed by atoms with E-state index in [1.807, 2.05) is 18.2 Å². The van der Waals surface area contributed by atoms with Gasteiger partial charge in [-0.3, -0.25) is 14.5 Å². The van der Waals surface area contributed by atoms with Gasteiger partial charge in [-0.2, -0.15) is 0 Å². The molecule has 2 rings (SSSR count). The molecule has 6 nitrogen and oxygen atoms in total. The molecule has 0 spiro atoms. The molecule has 0 bridgehead atoms. The summed E-state index contributed by atoms with van der Waals surface area (Å²) in [5, 5.41) is 11.8. The van der Waals surface area contributed by atoms with Crippen molar-refractivity contribution in [2.75, 3.05) is 31.6 Å². The summed E-state index contributed by atoms with van der Waals surface area (Å²) >= 11 is 0. The lowest BCUT2D eigenvalue weighted by atomic mass is 10.2. The quantitative estimate of drug-likeness (QED) is 0.823. The Bertz CT molecular complexity index is 449. The van der Waals surface area contributed by atoms with E-state index < -0.39 is 12.0 Å². The fourth-order valence-electron chi connectivity index (χ4n) is 1.96. The smallest absolute Gasteiger partial charge is 0.323 e. The number of hydrogen-bond acceptors (Lipinski definition) is 4. The van der Waals surface area contributed by atoms with Gasteiger partial charge in [0.25, 0.3) is 0 Å². The summed E-state index contributed by atoms with van der Waals surface area (Å²) < 4.78 is 5.12. The van der Waals surface area contributed by atoms with E-state index >= 15 is 0 Å². The molecule has 1 fully saturated rings. The van der Waals surface area contributed by atoms with E-state index in [0.717, 1.165) is 0 Å². The zero-order valence-corrected chi connectivity index (χ0v) is 10.4. The summed E-state index contributed by atoms with van der Waals surface area (Å²) in [5.41, 5.74) is 0.702. The summed E-state index contributed by atoms with van der Waals surface area (Å²) in [6.07, 6.45) is 0. The second-order valence-electron chi connectivity index (χ2n) is 4.31. The number of nitrogens with one attached hydrogen (secondary N) is 1. The second-order valence-corrected chi connectivity index (χ2v) is 4.31. The number of carboxylic acid groups (broad SMARTS) is 1. The molecular weight excluding hydrogens is 248 g/mol. The van der Waals surface area contributed by atoms with Gasteiger partial charge >= 0.3 is 5.97 Å². The molecule has 1 aliphatic heterocycles. The summed E-state index contributed by atoms with van der Waals surface area (Å²) in [6, 6.07) is 8.32. The van der Waals surface area contributed by atoms with Crippen LogP contribution in [0.25, 0.3) is 0 Å². The Kier molecular flexibility index (Phi) is 4.48. The van der Waals surface area contributed by atoms with E-state index in [1.54, 1.807) is 17.0 Å². The van der Waals surface area contributed by atoms with Crippen LogP contribution in [0.15, 0.2) is 30.3 Å². The number of benzene rings is 1. The minimum absolute atomic E-state index is 0.0508. The predicted molar refractivity (Wildman–Crippen MR) is 68.9 cm³/mol. The van der Waals surface area contributed by atoms with Crippen molar-refractivity contribution in [2.24, 2.45) is 0 Å². The number of amides is 1. The molecular formula is C13H16N2O4. The first-order chi connectivity index (χ1) is 9.16. The highest BCUT2D eigenvalue weighted by Gasteiger charge is 2.30. The summed E-state index contributed by atoms with van der Waals surface area (Å²) in [4.78, 5) is 24.5. The largest absolute Gasteiger partial charge is 0.480 e. The average Bonchev–Trinajstić information content (AvgIpc) is 2.40. The van der Waals surface area contributed by atoms with Crippen LogP contribution >= 0.6 is 0 Å². The average molecular weight is 264 g/mol. The number of carboxylic acids is 1. The molecule has 1 aromatic rings. The first kappa shape index (κ1) is 13.5. The number of aliphatic carboxylic acids is 1. The molecule has 1 heterocycles. The molecule has 6 heteroatoms. The van der Waals surface area contributed by atoms with Gasteiger partial charge in [0.2, 0.25) is 5.91 Å². The van der Waals surface area contributed by atoms with Crippen molar-refractivity contribution >= 4 is 17.6 Å². The highest BCUT2D eigenvalue weighted by atomic mass is 16.5. The van der Waals surface area contributed by atoms with Crippen molar-refractivity contribution in [1.29, 1.82) is 0 Å². The van der Waals surface area contributed by atoms with Crippen molar-refractivity contribution < 1.29 is 19.4 Å². The van der Waals surface area contributed by atoms with Gasteiger partial charge < -0.3 is 15.2 Å². The number of carbonyl (C=O) groups excluding carboxylic acids is 1. The minimum Gasteiger partial charge on any atom is -0.480 e. The van der Waals surface area contributed by atoms with Crippen LogP contribution in [0.5, 0.6) is 0 Å². The molecule has 1 unspecified atom stereocenters. The van der Waals surface area contributed by atoms with Crippen LogP contribution in [-0.4, -0.2) is 54.2 Å². The Morgan fingerprint density at radius 1 is 1.37 bits per heavy atom. The van der Waals surface area contributed by atoms with E-state index in [1.165, 1.54) is 0 Å². The topological polar surface area (TPSA) is 78.9 Å². The van der Waals surface area contributed by atoms with Crippen LogP contribution < -0.4 is 5.32 Å². The Balaban J connectivity index is 1.92. The van der Waals surface area contributed by atoms with Crippen molar-refractivity contribution in [2.45, 2.75) is 6.04 Å². The maximum Gasteiger partial charge on any atom is 0.323 e. The van der Waals surface area contributed by atoms with Crippen molar-refractivity contribution in [3.05, 3.63) is 30.3 Å². The van der Waals surface area contributed by atoms with Gasteiger partial charge in [-0.05, 0) is 12.1 Å². The Morgan fingerprint density at radius 3 is 2.79 bits per heavy atom. The maximum atomic E-state index is 11.9. The maximum absolute atomic E-state index is 11.9. The number of anilines is 1. The lowest BCUT2D eigenvalue weighted by molar-refractivity contribution is -0.150. The highest BCUT2D eigenvalue weighted by molar-refractivity contribution is 5.92. The monoisotopic (exact) mass is 264 g/mol. The molecule has 1 atom stereocenters. The van der Waals surface area contributed by atoms with Gasteiger partial charge in [0.15, 0.2) is 0 Å². The van der Waals surface area contributed by atoms with Gasteiger partial charge in [0, 0.05) is 12.2 Å². The molecule has 1 aromatic carbocycles. The predicted octanol–water partition coefficient (Wildman–Crippen LogP) is 0.410. The number of carbonyl (C=O) groups is 2.